The number of unbranched alkanes of at least 4 members (excludes halogenated alkanes) is 9. The summed E-state index contributed by atoms with van der Waals surface area (Å²) < 4.78 is 2.39. The molecule has 3 heteroatoms. The normalized spacial score (nSPS) is 11.2. The molecule has 0 aliphatic rings. The van der Waals surface area contributed by atoms with Crippen molar-refractivity contribution in [3.05, 3.63) is 47.3 Å². The third-order valence-corrected chi connectivity index (χ3v) is 6.19. The molecule has 0 fully saturated rings. The van der Waals surface area contributed by atoms with Crippen LogP contribution in [-0.4, -0.2) is 10.5 Å². The molecule has 0 spiro atoms. The smallest absolute Gasteiger partial charge is 0.251 e. The molecule has 2 aromatic rings. The van der Waals surface area contributed by atoms with E-state index in [0.29, 0.717) is 5.56 Å². The van der Waals surface area contributed by atoms with E-state index in [-0.39, 0.29) is 5.91 Å². The Bertz CT molecular complexity index is 761. The first-order valence-electron chi connectivity index (χ1n) is 12.2. The third-order valence-electron chi connectivity index (χ3n) is 6.19. The molecule has 1 heterocycles. The van der Waals surface area contributed by atoms with Crippen molar-refractivity contribution in [1.82, 2.24) is 4.57 Å². The summed E-state index contributed by atoms with van der Waals surface area (Å²) in [5.74, 6) is -0.310. The standard InChI is InChI=1S/C27H42N2O/c1-4-6-8-9-10-11-12-13-17-21-29-22(3)25(27(28)30)26(24(29)20-7-5-2)23-18-15-14-16-19-23/h14-16,18-19H,4-13,17,20-21H2,1-3H3,(H2,28,30). The second-order valence-corrected chi connectivity index (χ2v) is 8.60. The molecule has 2 rings (SSSR count). The number of nitrogens with two attached hydrogens (primary N) is 1. The highest BCUT2D eigenvalue weighted by Gasteiger charge is 2.24. The quantitative estimate of drug-likeness (QED) is 0.305. The van der Waals surface area contributed by atoms with Crippen LogP contribution >= 0.6 is 0 Å². The summed E-state index contributed by atoms with van der Waals surface area (Å²) in [5.41, 5.74) is 11.1. The molecular weight excluding hydrogens is 368 g/mol. The van der Waals surface area contributed by atoms with E-state index in [0.717, 1.165) is 49.0 Å². The van der Waals surface area contributed by atoms with Gasteiger partial charge in [0.2, 0.25) is 0 Å². The first kappa shape index (κ1) is 24.2. The molecule has 0 atom stereocenters. The molecule has 2 N–H and O–H groups in total. The maximum atomic E-state index is 12.4. The van der Waals surface area contributed by atoms with E-state index in [1.54, 1.807) is 0 Å². The SMILES string of the molecule is CCCCCCCCCCCn1c(C)c(C(N)=O)c(-c2ccccc2)c1CCCC. The van der Waals surface area contributed by atoms with Crippen LogP contribution in [0.4, 0.5) is 0 Å². The van der Waals surface area contributed by atoms with E-state index in [4.69, 9.17) is 5.73 Å². The fourth-order valence-electron chi connectivity index (χ4n) is 4.50. The first-order chi connectivity index (χ1) is 14.6. The maximum Gasteiger partial charge on any atom is 0.251 e. The van der Waals surface area contributed by atoms with Crippen molar-refractivity contribution in [2.45, 2.75) is 104 Å². The van der Waals surface area contributed by atoms with Crippen LogP contribution in [0.3, 0.4) is 0 Å². The molecule has 1 amide bonds. The lowest BCUT2D eigenvalue weighted by Crippen LogP contribution is -2.13. The zero-order chi connectivity index (χ0) is 21.8. The van der Waals surface area contributed by atoms with Gasteiger partial charge in [-0.2, -0.15) is 0 Å². The molecule has 0 saturated heterocycles. The van der Waals surface area contributed by atoms with Gasteiger partial charge in [0.15, 0.2) is 0 Å². The third kappa shape index (κ3) is 6.75. The lowest BCUT2D eigenvalue weighted by molar-refractivity contribution is 0.1000. The molecule has 0 radical (unpaired) electrons. The van der Waals surface area contributed by atoms with Gasteiger partial charge in [0.25, 0.3) is 5.91 Å². The zero-order valence-corrected chi connectivity index (χ0v) is 19.5. The van der Waals surface area contributed by atoms with Crippen molar-refractivity contribution < 1.29 is 4.79 Å². The molecule has 0 unspecified atom stereocenters. The predicted octanol–water partition coefficient (Wildman–Crippen LogP) is 7.44. The second kappa shape index (κ2) is 13.3. The Balaban J connectivity index is 2.11. The number of hydrogen-bond donors (Lipinski definition) is 1. The van der Waals surface area contributed by atoms with Crippen LogP contribution in [0, 0.1) is 6.92 Å². The van der Waals surface area contributed by atoms with Crippen molar-refractivity contribution in [2.24, 2.45) is 5.73 Å². The number of nitrogens with zero attached hydrogens (tertiary/aromatic N) is 1. The fraction of sp³-hybridized carbons (Fsp3) is 0.593. The van der Waals surface area contributed by atoms with Gasteiger partial charge in [-0.1, -0.05) is 102 Å². The van der Waals surface area contributed by atoms with Gasteiger partial charge in [-0.05, 0) is 31.7 Å². The Morgan fingerprint density at radius 1 is 0.833 bits per heavy atom. The van der Waals surface area contributed by atoms with Gasteiger partial charge in [0, 0.05) is 23.5 Å². The van der Waals surface area contributed by atoms with Crippen molar-refractivity contribution in [1.29, 1.82) is 0 Å². The topological polar surface area (TPSA) is 48.0 Å². The van der Waals surface area contributed by atoms with Gasteiger partial charge in [-0.25, -0.2) is 0 Å². The lowest BCUT2D eigenvalue weighted by Gasteiger charge is -2.13. The molecular formula is C27H42N2O. The summed E-state index contributed by atoms with van der Waals surface area (Å²) in [7, 11) is 0. The monoisotopic (exact) mass is 410 g/mol. The molecule has 0 aliphatic carbocycles. The molecule has 0 saturated carbocycles. The van der Waals surface area contributed by atoms with E-state index in [2.05, 4.69) is 37.5 Å². The number of amides is 1. The average Bonchev–Trinajstić information content (AvgIpc) is 3.03. The highest BCUT2D eigenvalue weighted by atomic mass is 16.1. The Hall–Kier alpha value is -2.03. The second-order valence-electron chi connectivity index (χ2n) is 8.60. The lowest BCUT2D eigenvalue weighted by atomic mass is 9.98. The van der Waals surface area contributed by atoms with Crippen molar-refractivity contribution in [2.75, 3.05) is 0 Å². The van der Waals surface area contributed by atoms with Crippen LogP contribution in [0.1, 0.15) is 106 Å². The zero-order valence-electron chi connectivity index (χ0n) is 19.5. The Labute approximate surface area is 184 Å². The van der Waals surface area contributed by atoms with Crippen LogP contribution in [0.2, 0.25) is 0 Å². The average molecular weight is 411 g/mol. The fourth-order valence-corrected chi connectivity index (χ4v) is 4.50. The maximum absolute atomic E-state index is 12.4. The summed E-state index contributed by atoms with van der Waals surface area (Å²) >= 11 is 0. The van der Waals surface area contributed by atoms with Crippen molar-refractivity contribution in [3.8, 4) is 11.1 Å². The minimum Gasteiger partial charge on any atom is -0.366 e. The van der Waals surface area contributed by atoms with Crippen LogP contribution in [0.5, 0.6) is 0 Å². The first-order valence-corrected chi connectivity index (χ1v) is 12.2. The number of carbonyl (C=O) groups excluding carboxylic acids is 1. The summed E-state index contributed by atoms with van der Waals surface area (Å²) in [5, 5.41) is 0. The molecule has 3 nitrogen and oxygen atoms in total. The van der Waals surface area contributed by atoms with Crippen LogP contribution in [-0.2, 0) is 13.0 Å². The van der Waals surface area contributed by atoms with E-state index in [1.165, 1.54) is 57.1 Å². The summed E-state index contributed by atoms with van der Waals surface area (Å²) in [6.07, 6.45) is 15.2. The summed E-state index contributed by atoms with van der Waals surface area (Å²) in [4.78, 5) is 12.4. The number of benzene rings is 1. The molecule has 1 aromatic heterocycles. The summed E-state index contributed by atoms with van der Waals surface area (Å²) in [6.45, 7) is 7.53. The Kier molecular flexibility index (Phi) is 10.8. The number of aromatic nitrogens is 1. The number of primary amides is 1. The van der Waals surface area contributed by atoms with Gasteiger partial charge < -0.3 is 10.3 Å². The van der Waals surface area contributed by atoms with Crippen molar-refractivity contribution in [3.63, 3.8) is 0 Å². The molecule has 0 bridgehead atoms. The molecule has 1 aromatic carbocycles. The van der Waals surface area contributed by atoms with E-state index in [9.17, 15) is 4.79 Å². The van der Waals surface area contributed by atoms with E-state index >= 15 is 0 Å². The van der Waals surface area contributed by atoms with Gasteiger partial charge in [-0.15, -0.1) is 0 Å². The minimum atomic E-state index is -0.310. The van der Waals surface area contributed by atoms with Crippen LogP contribution in [0.15, 0.2) is 30.3 Å². The number of rotatable bonds is 15. The largest absolute Gasteiger partial charge is 0.366 e. The highest BCUT2D eigenvalue weighted by molar-refractivity contribution is 6.02. The predicted molar refractivity (Wildman–Crippen MR) is 129 cm³/mol. The van der Waals surface area contributed by atoms with E-state index in [1.807, 2.05) is 18.2 Å². The Morgan fingerprint density at radius 2 is 1.40 bits per heavy atom. The minimum absolute atomic E-state index is 0.310. The van der Waals surface area contributed by atoms with Gasteiger partial charge in [0.1, 0.15) is 0 Å². The number of carbonyl (C=O) groups is 1. The van der Waals surface area contributed by atoms with Gasteiger partial charge in [-0.3, -0.25) is 4.79 Å². The molecule has 30 heavy (non-hydrogen) atoms. The Morgan fingerprint density at radius 3 is 1.97 bits per heavy atom. The van der Waals surface area contributed by atoms with Gasteiger partial charge in [0.05, 0.1) is 5.56 Å². The number of hydrogen-bond acceptors (Lipinski definition) is 1. The molecule has 0 aliphatic heterocycles. The molecule has 166 valence electrons. The van der Waals surface area contributed by atoms with Gasteiger partial charge >= 0.3 is 0 Å². The van der Waals surface area contributed by atoms with Crippen molar-refractivity contribution >= 4 is 5.91 Å². The highest BCUT2D eigenvalue weighted by Crippen LogP contribution is 2.34. The van der Waals surface area contributed by atoms with Crippen LogP contribution < -0.4 is 5.73 Å². The van der Waals surface area contributed by atoms with E-state index < -0.39 is 0 Å². The van der Waals surface area contributed by atoms with Crippen LogP contribution in [0.25, 0.3) is 11.1 Å². The summed E-state index contributed by atoms with van der Waals surface area (Å²) in [6, 6.07) is 10.3.